The summed E-state index contributed by atoms with van der Waals surface area (Å²) in [5.41, 5.74) is -2.22. The highest BCUT2D eigenvalue weighted by molar-refractivity contribution is 7.79. The number of nitrogens with zero attached hydrogens (tertiary/aromatic N) is 3. The molecule has 2 amide bonds. The number of carbonyl (C=O) groups is 2. The van der Waals surface area contributed by atoms with Gasteiger partial charge in [0, 0.05) is 16.7 Å². The van der Waals surface area contributed by atoms with Crippen molar-refractivity contribution in [2.45, 2.75) is 50.7 Å². The van der Waals surface area contributed by atoms with E-state index in [1.807, 2.05) is 0 Å². The van der Waals surface area contributed by atoms with Crippen molar-refractivity contribution in [3.8, 4) is 11.3 Å². The van der Waals surface area contributed by atoms with Crippen LogP contribution in [0.1, 0.15) is 50.5 Å². The Hall–Kier alpha value is -2.43. The zero-order chi connectivity index (χ0) is 22.6. The Balaban J connectivity index is 2.24. The minimum absolute atomic E-state index is 0.0325. The van der Waals surface area contributed by atoms with E-state index in [1.165, 1.54) is 12.1 Å². The number of imide groups is 1. The molecule has 3 rings (SSSR count). The molecule has 2 aromatic rings. The normalized spacial score (nSPS) is 16.4. The van der Waals surface area contributed by atoms with E-state index in [4.69, 9.17) is 16.3 Å². The average molecular weight is 456 g/mol. The number of hydrogen-bond donors (Lipinski definition) is 1. The van der Waals surface area contributed by atoms with E-state index in [-0.39, 0.29) is 32.6 Å². The summed E-state index contributed by atoms with van der Waals surface area (Å²) in [5.74, 6) is -1.57. The van der Waals surface area contributed by atoms with E-state index in [2.05, 4.69) is 9.97 Å². The molecule has 1 atom stereocenters. The fourth-order valence-electron chi connectivity index (χ4n) is 3.34. The van der Waals surface area contributed by atoms with Crippen LogP contribution in [0.15, 0.2) is 23.2 Å². The van der Waals surface area contributed by atoms with Crippen molar-refractivity contribution >= 4 is 34.7 Å². The number of rotatable bonds is 2. The van der Waals surface area contributed by atoms with Crippen molar-refractivity contribution in [3.05, 3.63) is 40.6 Å². The van der Waals surface area contributed by atoms with Crippen molar-refractivity contribution in [3.63, 3.8) is 0 Å². The van der Waals surface area contributed by atoms with Gasteiger partial charge in [-0.25, -0.2) is 28.3 Å². The van der Waals surface area contributed by atoms with Crippen LogP contribution in [-0.4, -0.2) is 41.2 Å². The lowest BCUT2D eigenvalue weighted by Gasteiger charge is -2.32. The monoisotopic (exact) mass is 455 g/mol. The summed E-state index contributed by atoms with van der Waals surface area (Å²) >= 11 is 3.21. The molecule has 30 heavy (non-hydrogen) atoms. The molecule has 0 fully saturated rings. The maximum absolute atomic E-state index is 14.3. The van der Waals surface area contributed by atoms with Crippen LogP contribution in [0, 0.1) is 5.82 Å². The van der Waals surface area contributed by atoms with Crippen molar-refractivity contribution in [2.75, 3.05) is 0 Å². The molecule has 0 radical (unpaired) electrons. The summed E-state index contributed by atoms with van der Waals surface area (Å²) in [6.45, 7) is 8.07. The summed E-state index contributed by atoms with van der Waals surface area (Å²) in [4.78, 5) is 34.0. The number of amides is 2. The zero-order valence-electron chi connectivity index (χ0n) is 16.8. The zero-order valence-corrected chi connectivity index (χ0v) is 18.4. The number of ether oxygens (including phenoxy) is 1. The van der Waals surface area contributed by atoms with Crippen LogP contribution >= 0.6 is 11.6 Å². The second-order valence-electron chi connectivity index (χ2n) is 8.16. The van der Waals surface area contributed by atoms with Gasteiger partial charge in [0.25, 0.3) is 5.91 Å². The molecule has 0 bridgehead atoms. The maximum Gasteiger partial charge on any atom is 0.418 e. The van der Waals surface area contributed by atoms with E-state index in [0.29, 0.717) is 0 Å². The van der Waals surface area contributed by atoms with Crippen molar-refractivity contribution in [1.29, 1.82) is 0 Å². The first-order chi connectivity index (χ1) is 13.7. The van der Waals surface area contributed by atoms with Gasteiger partial charge in [-0.15, -0.1) is 0 Å². The summed E-state index contributed by atoms with van der Waals surface area (Å²) in [6, 6.07) is 2.55. The molecule has 0 saturated carbocycles. The quantitative estimate of drug-likeness (QED) is 0.535. The first-order valence-electron chi connectivity index (χ1n) is 8.79. The minimum Gasteiger partial charge on any atom is -0.443 e. The summed E-state index contributed by atoms with van der Waals surface area (Å²) in [7, 11) is 0. The van der Waals surface area contributed by atoms with Gasteiger partial charge in [0.05, 0.1) is 16.6 Å². The molecule has 1 aromatic heterocycles. The molecule has 1 aromatic carbocycles. The molecule has 2 heterocycles. The fraction of sp³-hybridized carbons (Fsp3) is 0.368. The van der Waals surface area contributed by atoms with E-state index >= 15 is 0 Å². The van der Waals surface area contributed by atoms with E-state index < -0.39 is 40.0 Å². The summed E-state index contributed by atoms with van der Waals surface area (Å²) in [5, 5.41) is -0.236. The number of aromatic nitrogens is 2. The van der Waals surface area contributed by atoms with Crippen LogP contribution in [0.3, 0.4) is 0 Å². The van der Waals surface area contributed by atoms with Gasteiger partial charge in [-0.2, -0.15) is 0 Å². The molecule has 160 valence electrons. The van der Waals surface area contributed by atoms with Crippen molar-refractivity contribution in [2.24, 2.45) is 0 Å². The third kappa shape index (κ3) is 3.82. The van der Waals surface area contributed by atoms with Gasteiger partial charge >= 0.3 is 6.09 Å². The van der Waals surface area contributed by atoms with Crippen LogP contribution in [0.25, 0.3) is 11.3 Å². The number of halogens is 2. The third-order valence-electron chi connectivity index (χ3n) is 4.46. The molecule has 1 unspecified atom stereocenters. The SMILES string of the molecule is CC(C)(C)OC(=O)N1C(=O)c2cc(-c3nc(Cl)ncc3F)cc(S(=O)O)c2C1(C)C. The van der Waals surface area contributed by atoms with Crippen molar-refractivity contribution < 1.29 is 27.5 Å². The van der Waals surface area contributed by atoms with Gasteiger partial charge in [-0.3, -0.25) is 4.79 Å². The highest BCUT2D eigenvalue weighted by Crippen LogP contribution is 2.44. The third-order valence-corrected chi connectivity index (χ3v) is 5.34. The van der Waals surface area contributed by atoms with Gasteiger partial charge in [0.1, 0.15) is 11.3 Å². The fourth-order valence-corrected chi connectivity index (χ4v) is 4.24. The Morgan fingerprint density at radius 2 is 1.97 bits per heavy atom. The lowest BCUT2D eigenvalue weighted by atomic mass is 9.92. The largest absolute Gasteiger partial charge is 0.443 e. The predicted molar refractivity (Wildman–Crippen MR) is 107 cm³/mol. The van der Waals surface area contributed by atoms with Crippen LogP contribution in [-0.2, 0) is 21.4 Å². The highest BCUT2D eigenvalue weighted by atomic mass is 35.5. The first kappa shape index (κ1) is 22.3. The Morgan fingerprint density at radius 3 is 2.53 bits per heavy atom. The summed E-state index contributed by atoms with van der Waals surface area (Å²) < 4.78 is 41.6. The summed E-state index contributed by atoms with van der Waals surface area (Å²) in [6.07, 6.45) is -0.0483. The Kier molecular flexibility index (Phi) is 5.46. The topological polar surface area (TPSA) is 110 Å². The van der Waals surface area contributed by atoms with Crippen LogP contribution < -0.4 is 0 Å². The molecule has 1 N–H and O–H groups in total. The predicted octanol–water partition coefficient (Wildman–Crippen LogP) is 4.14. The van der Waals surface area contributed by atoms with Crippen molar-refractivity contribution in [1.82, 2.24) is 14.9 Å². The standard InChI is InChI=1S/C19H19ClFN3O5S/c1-18(2,3)29-17(26)24-15(25)10-6-9(14-11(21)8-22-16(20)23-14)7-12(30(27)28)13(10)19(24,4)5/h6-8H,1-5H3,(H,27,28). The van der Waals surface area contributed by atoms with Crippen LogP contribution in [0.2, 0.25) is 5.28 Å². The molecule has 0 saturated heterocycles. The Bertz CT molecular complexity index is 1100. The molecule has 1 aliphatic rings. The Labute approximate surface area is 179 Å². The number of carbonyl (C=O) groups excluding carboxylic acids is 2. The number of benzene rings is 1. The smallest absolute Gasteiger partial charge is 0.418 e. The van der Waals surface area contributed by atoms with Gasteiger partial charge in [-0.1, -0.05) is 0 Å². The van der Waals surface area contributed by atoms with Crippen LogP contribution in [0.4, 0.5) is 9.18 Å². The van der Waals surface area contributed by atoms with Crippen LogP contribution in [0.5, 0.6) is 0 Å². The molecule has 0 spiro atoms. The molecule has 8 nitrogen and oxygen atoms in total. The molecule has 1 aliphatic heterocycles. The van der Waals surface area contributed by atoms with E-state index in [1.54, 1.807) is 34.6 Å². The molecule has 11 heteroatoms. The first-order valence-corrected chi connectivity index (χ1v) is 10.3. The second kappa shape index (κ2) is 7.36. The van der Waals surface area contributed by atoms with E-state index in [0.717, 1.165) is 11.1 Å². The molecule has 0 aliphatic carbocycles. The lowest BCUT2D eigenvalue weighted by Crippen LogP contribution is -2.46. The van der Waals surface area contributed by atoms with Gasteiger partial charge in [0.15, 0.2) is 16.9 Å². The van der Waals surface area contributed by atoms with Gasteiger partial charge in [-0.05, 0) is 58.4 Å². The average Bonchev–Trinajstić information content (AvgIpc) is 2.80. The minimum atomic E-state index is -2.55. The van der Waals surface area contributed by atoms with E-state index in [9.17, 15) is 22.7 Å². The number of hydrogen-bond acceptors (Lipinski definition) is 6. The highest BCUT2D eigenvalue weighted by Gasteiger charge is 2.50. The van der Waals surface area contributed by atoms with Gasteiger partial charge in [0.2, 0.25) is 5.28 Å². The van der Waals surface area contributed by atoms with Gasteiger partial charge < -0.3 is 9.29 Å². The lowest BCUT2D eigenvalue weighted by molar-refractivity contribution is 0.00910. The second-order valence-corrected chi connectivity index (χ2v) is 9.44. The number of fused-ring (bicyclic) bond motifs is 1. The maximum atomic E-state index is 14.3. The Morgan fingerprint density at radius 1 is 1.33 bits per heavy atom. The molecular weight excluding hydrogens is 437 g/mol. The molecular formula is C19H19ClFN3O5S.